The number of hydrogen-bond acceptors (Lipinski definition) is 3. The summed E-state index contributed by atoms with van der Waals surface area (Å²) in [5.74, 6) is 0. The van der Waals surface area contributed by atoms with Crippen molar-refractivity contribution in [3.63, 3.8) is 0 Å². The van der Waals surface area contributed by atoms with Crippen LogP contribution in [0.15, 0.2) is 0 Å². The summed E-state index contributed by atoms with van der Waals surface area (Å²) in [4.78, 5) is 0. The Hall–Kier alpha value is 0.0200. The van der Waals surface area contributed by atoms with Crippen LogP contribution in [0.1, 0.15) is 46.5 Å². The molecule has 0 aliphatic heterocycles. The van der Waals surface area contributed by atoms with E-state index in [1.807, 2.05) is 13.8 Å². The van der Waals surface area contributed by atoms with Gasteiger partial charge in [-0.25, -0.2) is 0 Å². The summed E-state index contributed by atoms with van der Waals surface area (Å²) in [6, 6.07) is 0. The van der Waals surface area contributed by atoms with Crippen LogP contribution in [0.4, 0.5) is 0 Å². The van der Waals surface area contributed by atoms with Crippen molar-refractivity contribution in [2.45, 2.75) is 52.6 Å². The first-order valence-electron chi connectivity index (χ1n) is 5.01. The average molecular weight is 207 g/mol. The van der Waals surface area contributed by atoms with Gasteiger partial charge in [0.1, 0.15) is 12.7 Å². The first-order chi connectivity index (χ1) is 6.24. The predicted octanol–water partition coefficient (Wildman–Crippen LogP) is 3.67. The Balaban J connectivity index is 3.48. The molecule has 0 saturated carbocycles. The smallest absolute Gasteiger partial charge is 0.119 e. The van der Waals surface area contributed by atoms with Gasteiger partial charge in [0.25, 0.3) is 0 Å². The fourth-order valence-electron chi connectivity index (χ4n) is 0.873. The van der Waals surface area contributed by atoms with Crippen LogP contribution in [-0.2, 0) is 13.6 Å². The van der Waals surface area contributed by atoms with Crippen LogP contribution in [0.2, 0.25) is 0 Å². The van der Waals surface area contributed by atoms with Crippen LogP contribution in [0, 0.1) is 0 Å². The highest BCUT2D eigenvalue weighted by Gasteiger charge is 2.24. The van der Waals surface area contributed by atoms with Gasteiger partial charge < -0.3 is 0 Å². The van der Waals surface area contributed by atoms with E-state index >= 15 is 0 Å². The molecule has 0 aromatic rings. The van der Waals surface area contributed by atoms with E-state index < -0.39 is 8.25 Å². The standard InChI is InChI=1S/C9H20O3P/c1-4-7-8-11-13(10)12-9(5-2)6-3/h9H,4-8H2,1-3H3/q+1. The lowest BCUT2D eigenvalue weighted by molar-refractivity contribution is 0.156. The molecule has 78 valence electrons. The van der Waals surface area contributed by atoms with Crippen LogP contribution in [-0.4, -0.2) is 12.7 Å². The monoisotopic (exact) mass is 207 g/mol. The SMILES string of the molecule is CCCCO[P+](=O)OC(CC)CC. The lowest BCUT2D eigenvalue weighted by Crippen LogP contribution is -2.05. The van der Waals surface area contributed by atoms with Gasteiger partial charge in [-0.2, -0.15) is 0 Å². The highest BCUT2D eigenvalue weighted by molar-refractivity contribution is 7.33. The molecule has 0 radical (unpaired) electrons. The first-order valence-corrected chi connectivity index (χ1v) is 6.11. The topological polar surface area (TPSA) is 35.5 Å². The molecule has 0 bridgehead atoms. The van der Waals surface area contributed by atoms with E-state index in [1.54, 1.807) is 0 Å². The highest BCUT2D eigenvalue weighted by atomic mass is 31.1. The van der Waals surface area contributed by atoms with Crippen molar-refractivity contribution in [3.8, 4) is 0 Å². The van der Waals surface area contributed by atoms with Gasteiger partial charge in [0.15, 0.2) is 0 Å². The van der Waals surface area contributed by atoms with Gasteiger partial charge in [0.05, 0.1) is 0 Å². The molecule has 0 amide bonds. The van der Waals surface area contributed by atoms with Crippen molar-refractivity contribution in [2.75, 3.05) is 6.61 Å². The molecule has 4 heteroatoms. The molecule has 0 aromatic heterocycles. The van der Waals surface area contributed by atoms with Crippen molar-refractivity contribution in [2.24, 2.45) is 0 Å². The Kier molecular flexibility index (Phi) is 8.62. The largest absolute Gasteiger partial charge is 0.697 e. The third kappa shape index (κ3) is 7.12. The second-order valence-electron chi connectivity index (χ2n) is 2.95. The zero-order chi connectivity index (χ0) is 10.1. The summed E-state index contributed by atoms with van der Waals surface area (Å²) >= 11 is 0. The molecule has 0 N–H and O–H groups in total. The van der Waals surface area contributed by atoms with E-state index in [0.29, 0.717) is 6.61 Å². The minimum Gasteiger partial charge on any atom is -0.119 e. The third-order valence-corrected chi connectivity index (χ3v) is 2.70. The van der Waals surface area contributed by atoms with Gasteiger partial charge in [-0.1, -0.05) is 27.2 Å². The van der Waals surface area contributed by atoms with Crippen molar-refractivity contribution in [1.29, 1.82) is 0 Å². The molecular weight excluding hydrogens is 187 g/mol. The van der Waals surface area contributed by atoms with E-state index in [1.165, 1.54) is 0 Å². The second-order valence-corrected chi connectivity index (χ2v) is 3.87. The van der Waals surface area contributed by atoms with E-state index in [0.717, 1.165) is 25.7 Å². The quantitative estimate of drug-likeness (QED) is 0.450. The van der Waals surface area contributed by atoms with Gasteiger partial charge >= 0.3 is 8.25 Å². The van der Waals surface area contributed by atoms with E-state index in [-0.39, 0.29) is 6.10 Å². The van der Waals surface area contributed by atoms with Gasteiger partial charge in [-0.3, -0.25) is 0 Å². The maximum absolute atomic E-state index is 11.1. The normalized spacial score (nSPS) is 12.2. The second kappa shape index (κ2) is 8.61. The lowest BCUT2D eigenvalue weighted by atomic mass is 10.2. The molecule has 0 saturated heterocycles. The van der Waals surface area contributed by atoms with Gasteiger partial charge in [0.2, 0.25) is 0 Å². The summed E-state index contributed by atoms with van der Waals surface area (Å²) in [7, 11) is -1.89. The van der Waals surface area contributed by atoms with E-state index in [2.05, 4.69) is 6.92 Å². The van der Waals surface area contributed by atoms with Crippen LogP contribution in [0.5, 0.6) is 0 Å². The van der Waals surface area contributed by atoms with Gasteiger partial charge in [-0.05, 0) is 19.3 Å². The Morgan fingerprint density at radius 2 is 1.85 bits per heavy atom. The average Bonchev–Trinajstić information content (AvgIpc) is 2.14. The molecule has 0 spiro atoms. The number of unbranched alkanes of at least 4 members (excludes halogenated alkanes) is 1. The van der Waals surface area contributed by atoms with E-state index in [9.17, 15) is 4.57 Å². The minimum absolute atomic E-state index is 0.0743. The number of rotatable bonds is 8. The Labute approximate surface area is 81.8 Å². The molecule has 3 nitrogen and oxygen atoms in total. The van der Waals surface area contributed by atoms with Crippen molar-refractivity contribution in [3.05, 3.63) is 0 Å². The van der Waals surface area contributed by atoms with Gasteiger partial charge in [-0.15, -0.1) is 9.05 Å². The number of hydrogen-bond donors (Lipinski definition) is 0. The summed E-state index contributed by atoms with van der Waals surface area (Å²) in [5, 5.41) is 0. The Bertz CT molecular complexity index is 135. The molecule has 1 atom stereocenters. The lowest BCUT2D eigenvalue weighted by Gasteiger charge is -2.02. The maximum Gasteiger partial charge on any atom is 0.697 e. The van der Waals surface area contributed by atoms with Crippen LogP contribution >= 0.6 is 8.25 Å². The summed E-state index contributed by atoms with van der Waals surface area (Å²) < 4.78 is 21.3. The zero-order valence-corrected chi connectivity index (χ0v) is 9.68. The molecule has 0 aliphatic rings. The summed E-state index contributed by atoms with van der Waals surface area (Å²) in [5.41, 5.74) is 0. The third-order valence-electron chi connectivity index (χ3n) is 1.84. The Morgan fingerprint density at radius 1 is 1.23 bits per heavy atom. The predicted molar refractivity (Wildman–Crippen MR) is 53.9 cm³/mol. The molecule has 1 unspecified atom stereocenters. The van der Waals surface area contributed by atoms with Crippen LogP contribution < -0.4 is 0 Å². The first kappa shape index (κ1) is 13.0. The van der Waals surface area contributed by atoms with Crippen LogP contribution in [0.25, 0.3) is 0 Å². The summed E-state index contributed by atoms with van der Waals surface area (Å²) in [6.07, 6.45) is 3.83. The van der Waals surface area contributed by atoms with E-state index in [4.69, 9.17) is 9.05 Å². The maximum atomic E-state index is 11.1. The van der Waals surface area contributed by atoms with Gasteiger partial charge in [0, 0.05) is 4.57 Å². The molecule has 0 aliphatic carbocycles. The highest BCUT2D eigenvalue weighted by Crippen LogP contribution is 2.28. The molecule has 0 heterocycles. The van der Waals surface area contributed by atoms with Crippen LogP contribution in [0.3, 0.4) is 0 Å². The minimum atomic E-state index is -1.89. The molecule has 0 rings (SSSR count). The fourth-order valence-corrected chi connectivity index (χ4v) is 1.75. The van der Waals surface area contributed by atoms with Crippen molar-refractivity contribution < 1.29 is 13.6 Å². The molecule has 13 heavy (non-hydrogen) atoms. The fraction of sp³-hybridized carbons (Fsp3) is 1.00. The van der Waals surface area contributed by atoms with Crippen molar-refractivity contribution >= 4 is 8.25 Å². The van der Waals surface area contributed by atoms with Crippen molar-refractivity contribution in [1.82, 2.24) is 0 Å². The molecular formula is C9H20O3P+. The Morgan fingerprint density at radius 3 is 2.31 bits per heavy atom. The summed E-state index contributed by atoms with van der Waals surface area (Å²) in [6.45, 7) is 6.64. The zero-order valence-electron chi connectivity index (χ0n) is 8.78. The molecule has 0 aromatic carbocycles. The molecule has 0 fully saturated rings.